The first kappa shape index (κ1) is 13.8. The molecule has 18 heavy (non-hydrogen) atoms. The molecule has 2 rings (SSSR count). The van der Waals surface area contributed by atoms with Crippen LogP contribution in [0.15, 0.2) is 22.7 Å². The van der Waals surface area contributed by atoms with Crippen LogP contribution in [-0.2, 0) is 4.74 Å². The highest BCUT2D eigenvalue weighted by Gasteiger charge is 2.28. The van der Waals surface area contributed by atoms with Gasteiger partial charge in [-0.2, -0.15) is 0 Å². The minimum Gasteiger partial charge on any atom is -0.375 e. The predicted molar refractivity (Wildman–Crippen MR) is 75.1 cm³/mol. The summed E-state index contributed by atoms with van der Waals surface area (Å²) < 4.78 is 6.32. The molecule has 1 aliphatic rings. The average molecular weight is 333 g/mol. The van der Waals surface area contributed by atoms with Crippen molar-refractivity contribution in [1.82, 2.24) is 4.90 Å². The molecule has 1 aromatic carbocycles. The van der Waals surface area contributed by atoms with Crippen molar-refractivity contribution in [3.8, 4) is 0 Å². The smallest absolute Gasteiger partial charge is 0.254 e. The standard InChI is InChI=1S/C13H15BrClNO2/c1-8-7-18-9(2)6-16(8)13(17)10-3-4-11(14)12(15)5-10/h3-5,8-9H,6-7H2,1-2H3. The number of rotatable bonds is 1. The summed E-state index contributed by atoms with van der Waals surface area (Å²) in [5.74, 6) is 0.00653. The average Bonchev–Trinajstić information content (AvgIpc) is 2.35. The maximum absolute atomic E-state index is 12.4. The third-order valence-electron chi connectivity index (χ3n) is 3.04. The van der Waals surface area contributed by atoms with Crippen LogP contribution in [0.5, 0.6) is 0 Å². The lowest BCUT2D eigenvalue weighted by atomic mass is 10.1. The molecule has 3 nitrogen and oxygen atoms in total. The van der Waals surface area contributed by atoms with Crippen molar-refractivity contribution < 1.29 is 9.53 Å². The molecule has 1 saturated heterocycles. The summed E-state index contributed by atoms with van der Waals surface area (Å²) in [6.45, 7) is 5.16. The molecular weight excluding hydrogens is 318 g/mol. The zero-order chi connectivity index (χ0) is 13.3. The second-order valence-corrected chi connectivity index (χ2v) is 5.84. The van der Waals surface area contributed by atoms with E-state index in [2.05, 4.69) is 15.9 Å². The maximum atomic E-state index is 12.4. The summed E-state index contributed by atoms with van der Waals surface area (Å²) in [7, 11) is 0. The van der Waals surface area contributed by atoms with Gasteiger partial charge in [-0.1, -0.05) is 11.6 Å². The molecule has 0 radical (unpaired) electrons. The van der Waals surface area contributed by atoms with E-state index in [-0.39, 0.29) is 18.1 Å². The molecule has 1 amide bonds. The molecule has 0 aliphatic carbocycles. The minimum atomic E-state index is 0.00653. The fourth-order valence-electron chi connectivity index (χ4n) is 1.98. The van der Waals surface area contributed by atoms with Gasteiger partial charge in [-0.25, -0.2) is 0 Å². The lowest BCUT2D eigenvalue weighted by Crippen LogP contribution is -2.50. The number of morpholine rings is 1. The third-order valence-corrected chi connectivity index (χ3v) is 4.27. The molecule has 0 aromatic heterocycles. The molecule has 2 unspecified atom stereocenters. The van der Waals surface area contributed by atoms with Gasteiger partial charge in [-0.3, -0.25) is 4.79 Å². The van der Waals surface area contributed by atoms with Gasteiger partial charge in [0, 0.05) is 16.6 Å². The first-order valence-corrected chi connectivity index (χ1v) is 7.03. The zero-order valence-electron chi connectivity index (χ0n) is 10.3. The molecule has 2 atom stereocenters. The number of carbonyl (C=O) groups excluding carboxylic acids is 1. The monoisotopic (exact) mass is 331 g/mol. The van der Waals surface area contributed by atoms with Crippen LogP contribution in [0.2, 0.25) is 5.02 Å². The van der Waals surface area contributed by atoms with E-state index in [1.54, 1.807) is 18.2 Å². The molecule has 1 aliphatic heterocycles. The Morgan fingerprint density at radius 1 is 1.50 bits per heavy atom. The lowest BCUT2D eigenvalue weighted by Gasteiger charge is -2.36. The molecule has 1 aromatic rings. The Balaban J connectivity index is 2.21. The minimum absolute atomic E-state index is 0.00653. The molecule has 5 heteroatoms. The number of hydrogen-bond acceptors (Lipinski definition) is 2. The summed E-state index contributed by atoms with van der Waals surface area (Å²) in [4.78, 5) is 14.3. The Morgan fingerprint density at radius 3 is 2.89 bits per heavy atom. The van der Waals surface area contributed by atoms with Crippen molar-refractivity contribution in [2.75, 3.05) is 13.2 Å². The molecule has 0 N–H and O–H groups in total. The second kappa shape index (κ2) is 5.59. The fraction of sp³-hybridized carbons (Fsp3) is 0.462. The van der Waals surface area contributed by atoms with Crippen LogP contribution < -0.4 is 0 Å². The Kier molecular flexibility index (Phi) is 4.30. The first-order chi connectivity index (χ1) is 8.49. The van der Waals surface area contributed by atoms with Gasteiger partial charge in [0.2, 0.25) is 0 Å². The van der Waals surface area contributed by atoms with E-state index < -0.39 is 0 Å². The quantitative estimate of drug-likeness (QED) is 0.789. The molecular formula is C13H15BrClNO2. The van der Waals surface area contributed by atoms with Gasteiger partial charge in [-0.05, 0) is 48.0 Å². The van der Waals surface area contributed by atoms with Crippen LogP contribution in [0.3, 0.4) is 0 Å². The van der Waals surface area contributed by atoms with Crippen LogP contribution in [0.4, 0.5) is 0 Å². The molecule has 98 valence electrons. The Labute approximate surface area is 120 Å². The van der Waals surface area contributed by atoms with E-state index in [1.165, 1.54) is 0 Å². The van der Waals surface area contributed by atoms with Crippen molar-refractivity contribution in [3.63, 3.8) is 0 Å². The SMILES string of the molecule is CC1CN(C(=O)c2ccc(Br)c(Cl)c2)C(C)CO1. The van der Waals surface area contributed by atoms with E-state index in [4.69, 9.17) is 16.3 Å². The van der Waals surface area contributed by atoms with Gasteiger partial charge < -0.3 is 9.64 Å². The van der Waals surface area contributed by atoms with Crippen LogP contribution in [-0.4, -0.2) is 36.1 Å². The largest absolute Gasteiger partial charge is 0.375 e. The van der Waals surface area contributed by atoms with Gasteiger partial charge in [-0.15, -0.1) is 0 Å². The summed E-state index contributed by atoms with van der Waals surface area (Å²) in [6, 6.07) is 5.37. The topological polar surface area (TPSA) is 29.5 Å². The Morgan fingerprint density at radius 2 is 2.22 bits per heavy atom. The van der Waals surface area contributed by atoms with Crippen molar-refractivity contribution in [1.29, 1.82) is 0 Å². The van der Waals surface area contributed by atoms with Gasteiger partial charge in [0.05, 0.1) is 23.8 Å². The molecule has 1 heterocycles. The highest BCUT2D eigenvalue weighted by atomic mass is 79.9. The van der Waals surface area contributed by atoms with E-state index >= 15 is 0 Å². The lowest BCUT2D eigenvalue weighted by molar-refractivity contribution is -0.0387. The van der Waals surface area contributed by atoms with Crippen molar-refractivity contribution in [3.05, 3.63) is 33.3 Å². The van der Waals surface area contributed by atoms with Gasteiger partial charge >= 0.3 is 0 Å². The van der Waals surface area contributed by atoms with Gasteiger partial charge in [0.15, 0.2) is 0 Å². The van der Waals surface area contributed by atoms with Crippen molar-refractivity contribution >= 4 is 33.4 Å². The summed E-state index contributed by atoms with van der Waals surface area (Å²) in [5, 5.41) is 0.551. The first-order valence-electron chi connectivity index (χ1n) is 5.86. The maximum Gasteiger partial charge on any atom is 0.254 e. The predicted octanol–water partition coefficient (Wildman–Crippen LogP) is 3.35. The van der Waals surface area contributed by atoms with Crippen LogP contribution in [0.25, 0.3) is 0 Å². The highest BCUT2D eigenvalue weighted by molar-refractivity contribution is 9.10. The summed E-state index contributed by atoms with van der Waals surface area (Å²) in [5.41, 5.74) is 0.615. The number of carbonyl (C=O) groups is 1. The molecule has 0 bridgehead atoms. The van der Waals surface area contributed by atoms with E-state index in [1.807, 2.05) is 18.7 Å². The van der Waals surface area contributed by atoms with Crippen LogP contribution >= 0.6 is 27.5 Å². The van der Waals surface area contributed by atoms with E-state index in [0.29, 0.717) is 23.7 Å². The van der Waals surface area contributed by atoms with Crippen LogP contribution in [0, 0.1) is 0 Å². The van der Waals surface area contributed by atoms with Crippen molar-refractivity contribution in [2.24, 2.45) is 0 Å². The number of ether oxygens (including phenoxy) is 1. The Bertz CT molecular complexity index is 466. The summed E-state index contributed by atoms with van der Waals surface area (Å²) >= 11 is 9.34. The molecule has 0 saturated carbocycles. The fourth-order valence-corrected chi connectivity index (χ4v) is 2.41. The third kappa shape index (κ3) is 2.87. The van der Waals surface area contributed by atoms with E-state index in [9.17, 15) is 4.79 Å². The molecule has 1 fully saturated rings. The highest BCUT2D eigenvalue weighted by Crippen LogP contribution is 2.24. The van der Waals surface area contributed by atoms with Gasteiger partial charge in [0.25, 0.3) is 5.91 Å². The van der Waals surface area contributed by atoms with Crippen molar-refractivity contribution in [2.45, 2.75) is 26.0 Å². The second-order valence-electron chi connectivity index (χ2n) is 4.58. The normalized spacial score (nSPS) is 24.1. The number of amides is 1. The van der Waals surface area contributed by atoms with E-state index in [0.717, 1.165) is 4.47 Å². The van der Waals surface area contributed by atoms with Crippen LogP contribution in [0.1, 0.15) is 24.2 Å². The number of nitrogens with zero attached hydrogens (tertiary/aromatic N) is 1. The Hall–Kier alpha value is -0.580. The number of halogens is 2. The number of benzene rings is 1. The number of hydrogen-bond donors (Lipinski definition) is 0. The van der Waals surface area contributed by atoms with Gasteiger partial charge in [0.1, 0.15) is 0 Å². The zero-order valence-corrected chi connectivity index (χ0v) is 12.7. The summed E-state index contributed by atoms with van der Waals surface area (Å²) in [6.07, 6.45) is 0.0797. The molecule has 0 spiro atoms.